The Labute approximate surface area is 130 Å². The summed E-state index contributed by atoms with van der Waals surface area (Å²) in [6.07, 6.45) is 1.48. The number of aromatic nitrogens is 3. The van der Waals surface area contributed by atoms with Crippen LogP contribution in [0.5, 0.6) is 0 Å². The van der Waals surface area contributed by atoms with Gasteiger partial charge < -0.3 is 5.32 Å². The van der Waals surface area contributed by atoms with Gasteiger partial charge in [-0.3, -0.25) is 4.79 Å². The number of hydrogen-bond donors (Lipinski definition) is 1. The zero-order valence-corrected chi connectivity index (χ0v) is 12.5. The van der Waals surface area contributed by atoms with Gasteiger partial charge in [-0.15, -0.1) is 0 Å². The van der Waals surface area contributed by atoms with E-state index in [9.17, 15) is 4.79 Å². The highest BCUT2D eigenvalue weighted by Crippen LogP contribution is 2.29. The van der Waals surface area contributed by atoms with Crippen LogP contribution in [0.2, 0.25) is 10.0 Å². The summed E-state index contributed by atoms with van der Waals surface area (Å²) in [5.74, 6) is 0.336. The third-order valence-corrected chi connectivity index (χ3v) is 3.58. The van der Waals surface area contributed by atoms with E-state index < -0.39 is 5.56 Å². The first-order chi connectivity index (χ1) is 10.1. The van der Waals surface area contributed by atoms with Crippen molar-refractivity contribution in [3.05, 3.63) is 56.9 Å². The Hall–Kier alpha value is -2.11. The van der Waals surface area contributed by atoms with Crippen molar-refractivity contribution in [2.75, 3.05) is 12.4 Å². The summed E-state index contributed by atoms with van der Waals surface area (Å²) >= 11 is 12.2. The standard InChI is InChI=1S/C14H10Cl2N4O/c1-17-14-19-13(21)12(9-4-2-3-5-10(9)16)11-6-8(15)7-18-20(11)14/h2-7H,1H3,(H,17,19,21). The Morgan fingerprint density at radius 2 is 2.00 bits per heavy atom. The van der Waals surface area contributed by atoms with E-state index in [2.05, 4.69) is 15.4 Å². The smallest absolute Gasteiger partial charge is 0.283 e. The second kappa shape index (κ2) is 5.35. The van der Waals surface area contributed by atoms with Crippen molar-refractivity contribution in [3.63, 3.8) is 0 Å². The molecule has 0 aliphatic carbocycles. The van der Waals surface area contributed by atoms with E-state index in [1.807, 2.05) is 0 Å². The maximum absolute atomic E-state index is 12.4. The molecule has 0 atom stereocenters. The molecule has 0 unspecified atom stereocenters. The lowest BCUT2D eigenvalue weighted by Gasteiger charge is -2.11. The predicted molar refractivity (Wildman–Crippen MR) is 84.3 cm³/mol. The minimum Gasteiger partial charge on any atom is -0.357 e. The normalized spacial score (nSPS) is 10.8. The van der Waals surface area contributed by atoms with Crippen molar-refractivity contribution in [2.45, 2.75) is 0 Å². The van der Waals surface area contributed by atoms with Crippen LogP contribution in [0.4, 0.5) is 5.95 Å². The molecule has 0 fully saturated rings. The quantitative estimate of drug-likeness (QED) is 0.788. The van der Waals surface area contributed by atoms with Crippen LogP contribution < -0.4 is 10.9 Å². The summed E-state index contributed by atoms with van der Waals surface area (Å²) in [5, 5.41) is 7.92. The van der Waals surface area contributed by atoms with Crippen molar-refractivity contribution in [3.8, 4) is 11.1 Å². The third kappa shape index (κ3) is 2.34. The van der Waals surface area contributed by atoms with Gasteiger partial charge in [-0.05, 0) is 12.1 Å². The van der Waals surface area contributed by atoms with Gasteiger partial charge in [-0.25, -0.2) is 0 Å². The summed E-state index contributed by atoms with van der Waals surface area (Å²) in [4.78, 5) is 16.4. The molecule has 1 aromatic carbocycles. The fourth-order valence-electron chi connectivity index (χ4n) is 2.14. The first-order valence-corrected chi connectivity index (χ1v) is 6.88. The first-order valence-electron chi connectivity index (χ1n) is 6.13. The largest absolute Gasteiger partial charge is 0.357 e. The summed E-state index contributed by atoms with van der Waals surface area (Å²) < 4.78 is 1.52. The molecule has 106 valence electrons. The monoisotopic (exact) mass is 320 g/mol. The fraction of sp³-hybridized carbons (Fsp3) is 0.0714. The number of fused-ring (bicyclic) bond motifs is 1. The molecule has 0 spiro atoms. The summed E-state index contributed by atoms with van der Waals surface area (Å²) in [6, 6.07) is 8.75. The van der Waals surface area contributed by atoms with E-state index in [4.69, 9.17) is 23.2 Å². The van der Waals surface area contributed by atoms with Crippen LogP contribution in [0.3, 0.4) is 0 Å². The van der Waals surface area contributed by atoms with Gasteiger partial charge in [0.05, 0.1) is 22.3 Å². The molecule has 0 saturated carbocycles. The highest BCUT2D eigenvalue weighted by Gasteiger charge is 2.16. The minimum atomic E-state index is -0.392. The Kier molecular flexibility index (Phi) is 3.53. The van der Waals surface area contributed by atoms with Crippen molar-refractivity contribution in [1.82, 2.24) is 14.6 Å². The van der Waals surface area contributed by atoms with E-state index in [1.54, 1.807) is 37.4 Å². The number of nitrogens with zero attached hydrogens (tertiary/aromatic N) is 3. The lowest BCUT2D eigenvalue weighted by atomic mass is 10.1. The van der Waals surface area contributed by atoms with Gasteiger partial charge in [0.15, 0.2) is 0 Å². The van der Waals surface area contributed by atoms with Gasteiger partial charge in [0.25, 0.3) is 5.56 Å². The van der Waals surface area contributed by atoms with Crippen LogP contribution in [0, 0.1) is 0 Å². The Bertz CT molecular complexity index is 892. The molecule has 2 heterocycles. The van der Waals surface area contributed by atoms with Crippen LogP contribution in [0.15, 0.2) is 41.3 Å². The van der Waals surface area contributed by atoms with E-state index in [0.29, 0.717) is 32.6 Å². The molecule has 0 bridgehead atoms. The molecule has 1 N–H and O–H groups in total. The Morgan fingerprint density at radius 3 is 2.71 bits per heavy atom. The molecule has 0 aliphatic heterocycles. The number of halogens is 2. The number of hydrogen-bond acceptors (Lipinski definition) is 4. The molecule has 3 rings (SSSR count). The van der Waals surface area contributed by atoms with Crippen LogP contribution in [0.25, 0.3) is 16.6 Å². The minimum absolute atomic E-state index is 0.336. The second-order valence-electron chi connectivity index (χ2n) is 4.32. The molecule has 0 saturated heterocycles. The van der Waals surface area contributed by atoms with Crippen LogP contribution >= 0.6 is 23.2 Å². The van der Waals surface area contributed by atoms with Gasteiger partial charge in [0.2, 0.25) is 5.95 Å². The predicted octanol–water partition coefficient (Wildman–Crippen LogP) is 3.11. The highest BCUT2D eigenvalue weighted by atomic mass is 35.5. The summed E-state index contributed by atoms with van der Waals surface area (Å²) in [6.45, 7) is 0. The van der Waals surface area contributed by atoms with E-state index >= 15 is 0 Å². The molecule has 0 aliphatic rings. The average Bonchev–Trinajstić information content (AvgIpc) is 2.47. The molecular formula is C14H10Cl2N4O. The molecule has 2 aromatic heterocycles. The van der Waals surface area contributed by atoms with Crippen molar-refractivity contribution >= 4 is 34.7 Å². The maximum atomic E-state index is 12.4. The topological polar surface area (TPSA) is 59.3 Å². The molecule has 3 aromatic rings. The van der Waals surface area contributed by atoms with Crippen molar-refractivity contribution < 1.29 is 0 Å². The number of benzene rings is 1. The molecule has 0 radical (unpaired) electrons. The van der Waals surface area contributed by atoms with Gasteiger partial charge >= 0.3 is 0 Å². The second-order valence-corrected chi connectivity index (χ2v) is 5.16. The molecule has 7 heteroatoms. The van der Waals surface area contributed by atoms with Crippen LogP contribution in [-0.4, -0.2) is 21.6 Å². The molecule has 0 amide bonds. The zero-order valence-electron chi connectivity index (χ0n) is 11.0. The Morgan fingerprint density at radius 1 is 1.24 bits per heavy atom. The van der Waals surface area contributed by atoms with Crippen molar-refractivity contribution in [2.24, 2.45) is 0 Å². The SMILES string of the molecule is CNc1nc(=O)c(-c2ccccc2Cl)c2cc(Cl)cnn12. The fourth-order valence-corrected chi connectivity index (χ4v) is 2.52. The number of anilines is 1. The first kappa shape index (κ1) is 13.9. The van der Waals surface area contributed by atoms with E-state index in [0.717, 1.165) is 0 Å². The molecule has 21 heavy (non-hydrogen) atoms. The lowest BCUT2D eigenvalue weighted by Crippen LogP contribution is -2.18. The zero-order chi connectivity index (χ0) is 15.0. The lowest BCUT2D eigenvalue weighted by molar-refractivity contribution is 0.891. The van der Waals surface area contributed by atoms with Crippen LogP contribution in [-0.2, 0) is 0 Å². The van der Waals surface area contributed by atoms with Gasteiger partial charge in [0.1, 0.15) is 0 Å². The molecular weight excluding hydrogens is 311 g/mol. The highest BCUT2D eigenvalue weighted by molar-refractivity contribution is 6.33. The van der Waals surface area contributed by atoms with Crippen molar-refractivity contribution in [1.29, 1.82) is 0 Å². The summed E-state index contributed by atoms with van der Waals surface area (Å²) in [5.41, 5.74) is 1.12. The number of nitrogens with one attached hydrogen (secondary N) is 1. The number of rotatable bonds is 2. The average molecular weight is 321 g/mol. The Balaban J connectivity index is 2.48. The van der Waals surface area contributed by atoms with Gasteiger partial charge in [0, 0.05) is 17.6 Å². The molecule has 5 nitrogen and oxygen atoms in total. The van der Waals surface area contributed by atoms with Gasteiger partial charge in [-0.2, -0.15) is 14.6 Å². The maximum Gasteiger partial charge on any atom is 0.283 e. The summed E-state index contributed by atoms with van der Waals surface area (Å²) in [7, 11) is 1.67. The third-order valence-electron chi connectivity index (χ3n) is 3.04. The van der Waals surface area contributed by atoms with E-state index in [1.165, 1.54) is 10.7 Å². The van der Waals surface area contributed by atoms with Gasteiger partial charge in [-0.1, -0.05) is 41.4 Å². The van der Waals surface area contributed by atoms with Crippen LogP contribution in [0.1, 0.15) is 0 Å². The van der Waals surface area contributed by atoms with E-state index in [-0.39, 0.29) is 0 Å².